The van der Waals surface area contributed by atoms with Crippen LogP contribution in [-0.2, 0) is 11.3 Å². The van der Waals surface area contributed by atoms with Crippen LogP contribution in [0.1, 0.15) is 74.2 Å². The van der Waals surface area contributed by atoms with E-state index in [4.69, 9.17) is 0 Å². The molecule has 0 aromatic carbocycles. The van der Waals surface area contributed by atoms with E-state index in [1.165, 1.54) is 17.1 Å². The topological polar surface area (TPSA) is 148 Å². The fourth-order valence-corrected chi connectivity index (χ4v) is 5.38. The standard InChI is InChI=1S/C26H31F3N10O2/c1-15(2)39-20(8-10-32-39)24(40)35-23(22(16-3-4-16)17-5-6-17)25(41)34-18-11-33-37(13-18)19(7-9-30)21-12-31-36-38(21)14-26(27,28)29/h8,10-13,15-17,19,22-23H,3-7,14H2,1-2H3,(H,34,41)(H,35,40)/t19?,23-/m0/s1. The van der Waals surface area contributed by atoms with Gasteiger partial charge in [0.2, 0.25) is 5.91 Å². The van der Waals surface area contributed by atoms with Crippen molar-refractivity contribution in [1.29, 1.82) is 5.26 Å². The summed E-state index contributed by atoms with van der Waals surface area (Å²) < 4.78 is 42.7. The molecule has 0 spiro atoms. The maximum Gasteiger partial charge on any atom is 0.408 e. The molecule has 0 radical (unpaired) electrons. The van der Waals surface area contributed by atoms with Gasteiger partial charge in [0, 0.05) is 18.4 Å². The van der Waals surface area contributed by atoms with Crippen molar-refractivity contribution in [2.24, 2.45) is 17.8 Å². The number of nitrogens with zero attached hydrogens (tertiary/aromatic N) is 8. The normalized spacial score (nSPS) is 16.9. The van der Waals surface area contributed by atoms with E-state index in [1.54, 1.807) is 16.9 Å². The Kier molecular flexibility index (Phi) is 7.83. The number of hydrogen-bond acceptors (Lipinski definition) is 7. The number of nitriles is 1. The van der Waals surface area contributed by atoms with Gasteiger partial charge in [0.15, 0.2) is 0 Å². The Morgan fingerprint density at radius 2 is 1.85 bits per heavy atom. The lowest BCUT2D eigenvalue weighted by molar-refractivity contribution is -0.143. The molecule has 12 nitrogen and oxygen atoms in total. The highest BCUT2D eigenvalue weighted by Gasteiger charge is 2.48. The Hall–Kier alpha value is -4.22. The van der Waals surface area contributed by atoms with E-state index in [9.17, 15) is 28.0 Å². The van der Waals surface area contributed by atoms with Crippen LogP contribution in [0.3, 0.4) is 0 Å². The Morgan fingerprint density at radius 3 is 2.46 bits per heavy atom. The van der Waals surface area contributed by atoms with E-state index in [-0.39, 0.29) is 29.8 Å². The molecular weight excluding hydrogens is 541 g/mol. The zero-order valence-corrected chi connectivity index (χ0v) is 22.6. The lowest BCUT2D eigenvalue weighted by atomic mass is 9.88. The summed E-state index contributed by atoms with van der Waals surface area (Å²) >= 11 is 0. The number of carbonyl (C=O) groups excluding carboxylic acids is 2. The molecule has 3 aromatic rings. The third-order valence-electron chi connectivity index (χ3n) is 7.47. The molecule has 2 aliphatic carbocycles. The van der Waals surface area contributed by atoms with Gasteiger partial charge in [-0.1, -0.05) is 5.21 Å². The fraction of sp³-hybridized carbons (Fsp3) is 0.577. The van der Waals surface area contributed by atoms with Crippen molar-refractivity contribution in [3.8, 4) is 6.07 Å². The van der Waals surface area contributed by atoms with Crippen molar-refractivity contribution < 1.29 is 22.8 Å². The first-order valence-electron chi connectivity index (χ1n) is 13.6. The highest BCUT2D eigenvalue weighted by Crippen LogP contribution is 2.51. The quantitative estimate of drug-likeness (QED) is 0.338. The monoisotopic (exact) mass is 572 g/mol. The summed E-state index contributed by atoms with van der Waals surface area (Å²) in [4.78, 5) is 27.0. The Morgan fingerprint density at radius 1 is 1.15 bits per heavy atom. The van der Waals surface area contributed by atoms with Crippen molar-refractivity contribution in [2.75, 3.05) is 5.32 Å². The molecule has 1 unspecified atom stereocenters. The average molecular weight is 573 g/mol. The van der Waals surface area contributed by atoms with E-state index in [0.717, 1.165) is 31.9 Å². The SMILES string of the molecule is CC(C)n1nccc1C(=O)N[C@H](C(=O)Nc1cnn(C(CC#N)c2cnnn2CC(F)(F)F)c1)C(C1CC1)C1CC1. The van der Waals surface area contributed by atoms with E-state index < -0.39 is 36.6 Å². The second kappa shape index (κ2) is 11.3. The minimum absolute atomic E-state index is 0.0152. The summed E-state index contributed by atoms with van der Waals surface area (Å²) in [5.74, 6) is -0.121. The Labute approximate surface area is 233 Å². The molecule has 15 heteroatoms. The van der Waals surface area contributed by atoms with Gasteiger partial charge in [-0.15, -0.1) is 5.10 Å². The highest BCUT2D eigenvalue weighted by atomic mass is 19.4. The van der Waals surface area contributed by atoms with Crippen LogP contribution in [0.15, 0.2) is 30.9 Å². The highest BCUT2D eigenvalue weighted by molar-refractivity contribution is 6.00. The number of alkyl halides is 3. The third kappa shape index (κ3) is 6.58. The average Bonchev–Trinajstić information content (AvgIpc) is 3.77. The molecule has 0 aliphatic heterocycles. The molecule has 2 amide bonds. The molecule has 41 heavy (non-hydrogen) atoms. The first kappa shape index (κ1) is 28.3. The van der Waals surface area contributed by atoms with Crippen LogP contribution in [-0.4, -0.2) is 58.6 Å². The zero-order chi connectivity index (χ0) is 29.3. The number of hydrogen-bond donors (Lipinski definition) is 2. The second-order valence-corrected chi connectivity index (χ2v) is 11.0. The number of rotatable bonds is 12. The van der Waals surface area contributed by atoms with Gasteiger partial charge in [-0.3, -0.25) is 19.0 Å². The summed E-state index contributed by atoms with van der Waals surface area (Å²) in [6.45, 7) is 2.46. The van der Waals surface area contributed by atoms with Gasteiger partial charge < -0.3 is 10.6 Å². The van der Waals surface area contributed by atoms with Crippen molar-refractivity contribution in [1.82, 2.24) is 39.9 Å². The minimum Gasteiger partial charge on any atom is -0.339 e. The number of amides is 2. The maximum atomic E-state index is 13.7. The van der Waals surface area contributed by atoms with E-state index >= 15 is 0 Å². The van der Waals surface area contributed by atoms with Crippen LogP contribution in [0.4, 0.5) is 18.9 Å². The van der Waals surface area contributed by atoms with Crippen molar-refractivity contribution in [3.63, 3.8) is 0 Å². The van der Waals surface area contributed by atoms with Crippen molar-refractivity contribution in [2.45, 2.75) is 76.8 Å². The largest absolute Gasteiger partial charge is 0.408 e. The maximum absolute atomic E-state index is 13.7. The first-order valence-corrected chi connectivity index (χ1v) is 13.6. The van der Waals surface area contributed by atoms with Crippen LogP contribution in [0.5, 0.6) is 0 Å². The molecule has 0 bridgehead atoms. The van der Waals surface area contributed by atoms with Gasteiger partial charge in [0.1, 0.15) is 24.3 Å². The lowest BCUT2D eigenvalue weighted by Crippen LogP contribution is -2.50. The molecule has 5 rings (SSSR count). The van der Waals surface area contributed by atoms with Gasteiger partial charge >= 0.3 is 6.18 Å². The number of aromatic nitrogens is 7. The fourth-order valence-electron chi connectivity index (χ4n) is 5.38. The van der Waals surface area contributed by atoms with Gasteiger partial charge in [-0.2, -0.15) is 28.6 Å². The summed E-state index contributed by atoms with van der Waals surface area (Å²) in [5, 5.41) is 30.7. The van der Waals surface area contributed by atoms with Gasteiger partial charge in [-0.25, -0.2) is 4.68 Å². The predicted molar refractivity (Wildman–Crippen MR) is 138 cm³/mol. The van der Waals surface area contributed by atoms with Crippen LogP contribution >= 0.6 is 0 Å². The summed E-state index contributed by atoms with van der Waals surface area (Å²) in [7, 11) is 0. The molecule has 0 saturated heterocycles. The van der Waals surface area contributed by atoms with E-state index in [0.29, 0.717) is 22.2 Å². The Bertz CT molecular complexity index is 1420. The van der Waals surface area contributed by atoms with Crippen molar-refractivity contribution in [3.05, 3.63) is 42.2 Å². The Balaban J connectivity index is 1.36. The van der Waals surface area contributed by atoms with Crippen LogP contribution < -0.4 is 10.6 Å². The molecule has 218 valence electrons. The summed E-state index contributed by atoms with van der Waals surface area (Å²) in [6.07, 6.45) is 4.77. The number of carbonyl (C=O) groups is 2. The van der Waals surface area contributed by atoms with E-state index in [1.807, 2.05) is 19.9 Å². The molecule has 3 heterocycles. The van der Waals surface area contributed by atoms with Crippen LogP contribution in [0.2, 0.25) is 0 Å². The second-order valence-electron chi connectivity index (χ2n) is 11.0. The number of nitrogens with one attached hydrogen (secondary N) is 2. The van der Waals surface area contributed by atoms with Gasteiger partial charge in [-0.05, 0) is 63.4 Å². The molecule has 3 aromatic heterocycles. The van der Waals surface area contributed by atoms with Gasteiger partial charge in [0.05, 0.1) is 36.3 Å². The number of halogens is 3. The molecule has 2 fully saturated rings. The van der Waals surface area contributed by atoms with E-state index in [2.05, 4.69) is 31.1 Å². The number of anilines is 1. The van der Waals surface area contributed by atoms with Gasteiger partial charge in [0.25, 0.3) is 5.91 Å². The molecular formula is C26H31F3N10O2. The molecule has 2 aliphatic rings. The first-order chi connectivity index (χ1) is 19.6. The minimum atomic E-state index is -4.53. The van der Waals surface area contributed by atoms with Crippen LogP contribution in [0, 0.1) is 29.1 Å². The summed E-state index contributed by atoms with van der Waals surface area (Å²) in [6, 6.07) is 1.82. The van der Waals surface area contributed by atoms with Crippen molar-refractivity contribution >= 4 is 17.5 Å². The third-order valence-corrected chi connectivity index (χ3v) is 7.47. The smallest absolute Gasteiger partial charge is 0.339 e. The molecule has 2 saturated carbocycles. The molecule has 2 atom stereocenters. The van der Waals surface area contributed by atoms with Crippen LogP contribution in [0.25, 0.3) is 0 Å². The molecule has 2 N–H and O–H groups in total. The summed E-state index contributed by atoms with van der Waals surface area (Å²) in [5.41, 5.74) is 0.697. The zero-order valence-electron chi connectivity index (χ0n) is 22.6. The lowest BCUT2D eigenvalue weighted by Gasteiger charge is -2.27. The predicted octanol–water partition coefficient (Wildman–Crippen LogP) is 3.49.